The zero-order valence-corrected chi connectivity index (χ0v) is 6.82. The number of hydrogen-bond acceptors (Lipinski definition) is 3. The van der Waals surface area contributed by atoms with E-state index in [1.165, 1.54) is 19.3 Å². The fourth-order valence-electron chi connectivity index (χ4n) is 0.854. The van der Waals surface area contributed by atoms with Gasteiger partial charge in [0.25, 0.3) is 0 Å². The quantitative estimate of drug-likeness (QED) is 0.509. The maximum atomic E-state index is 10.6. The monoisotopic (exact) mass is 166 g/mol. The Balaban J connectivity index is 2.69. The first kappa shape index (κ1) is 8.59. The molecular formula is C9H10O3. The molecule has 1 unspecified atom stereocenters. The molecule has 0 aromatic carbocycles. The van der Waals surface area contributed by atoms with Gasteiger partial charge in [0.2, 0.25) is 0 Å². The van der Waals surface area contributed by atoms with Crippen LogP contribution >= 0.6 is 0 Å². The van der Waals surface area contributed by atoms with Gasteiger partial charge in [0, 0.05) is 6.92 Å². The molecule has 1 aromatic heterocycles. The van der Waals surface area contributed by atoms with Gasteiger partial charge in [0.1, 0.15) is 5.76 Å². The van der Waals surface area contributed by atoms with Gasteiger partial charge >= 0.3 is 5.97 Å². The highest BCUT2D eigenvalue weighted by Crippen LogP contribution is 2.18. The molecule has 0 N–H and O–H groups in total. The van der Waals surface area contributed by atoms with Crippen molar-refractivity contribution in [1.29, 1.82) is 0 Å². The van der Waals surface area contributed by atoms with E-state index in [0.717, 1.165) is 0 Å². The maximum Gasteiger partial charge on any atom is 0.303 e. The molecule has 1 atom stereocenters. The summed E-state index contributed by atoms with van der Waals surface area (Å²) in [5.74, 6) is 0.233. The van der Waals surface area contributed by atoms with Crippen LogP contribution in [0.2, 0.25) is 0 Å². The van der Waals surface area contributed by atoms with Crippen LogP contribution in [0, 0.1) is 0 Å². The second-order valence-corrected chi connectivity index (χ2v) is 2.28. The van der Waals surface area contributed by atoms with E-state index in [1.54, 1.807) is 12.1 Å². The number of hydrogen-bond donors (Lipinski definition) is 0. The minimum Gasteiger partial charge on any atom is -0.465 e. The molecule has 0 aliphatic rings. The highest BCUT2D eigenvalue weighted by atomic mass is 16.5. The van der Waals surface area contributed by atoms with Gasteiger partial charge in [0.05, 0.1) is 6.26 Å². The molecule has 0 aliphatic heterocycles. The lowest BCUT2D eigenvalue weighted by Gasteiger charge is -2.08. The van der Waals surface area contributed by atoms with E-state index in [1.807, 2.05) is 0 Å². The van der Waals surface area contributed by atoms with E-state index in [0.29, 0.717) is 5.76 Å². The summed E-state index contributed by atoms with van der Waals surface area (Å²) in [6, 6.07) is 3.46. The molecule has 0 fully saturated rings. The first-order chi connectivity index (χ1) is 5.74. The van der Waals surface area contributed by atoms with Gasteiger partial charge in [-0.1, -0.05) is 6.58 Å². The maximum absolute atomic E-state index is 10.6. The Bertz CT molecular complexity index is 261. The minimum absolute atomic E-state index is 0.351. The van der Waals surface area contributed by atoms with Crippen molar-refractivity contribution in [3.05, 3.63) is 36.8 Å². The smallest absolute Gasteiger partial charge is 0.303 e. The highest BCUT2D eigenvalue weighted by Gasteiger charge is 2.12. The summed E-state index contributed by atoms with van der Waals surface area (Å²) in [6.45, 7) is 4.88. The number of rotatable bonds is 3. The molecule has 1 heterocycles. The van der Waals surface area contributed by atoms with Crippen molar-refractivity contribution < 1.29 is 13.9 Å². The normalized spacial score (nSPS) is 12.1. The van der Waals surface area contributed by atoms with Crippen molar-refractivity contribution in [2.75, 3.05) is 0 Å². The Labute approximate surface area is 70.6 Å². The van der Waals surface area contributed by atoms with E-state index in [-0.39, 0.29) is 5.97 Å². The molecule has 12 heavy (non-hydrogen) atoms. The molecular weight excluding hydrogens is 156 g/mol. The third-order valence-electron chi connectivity index (χ3n) is 1.33. The van der Waals surface area contributed by atoms with E-state index >= 15 is 0 Å². The zero-order valence-electron chi connectivity index (χ0n) is 6.82. The predicted octanol–water partition coefficient (Wildman–Crippen LogP) is 2.07. The predicted molar refractivity (Wildman–Crippen MR) is 43.4 cm³/mol. The van der Waals surface area contributed by atoms with Crippen molar-refractivity contribution in [1.82, 2.24) is 0 Å². The van der Waals surface area contributed by atoms with Gasteiger partial charge < -0.3 is 9.15 Å². The molecule has 0 amide bonds. The number of esters is 1. The van der Waals surface area contributed by atoms with Crippen LogP contribution in [-0.4, -0.2) is 5.97 Å². The molecule has 64 valence electrons. The van der Waals surface area contributed by atoms with E-state index < -0.39 is 6.10 Å². The van der Waals surface area contributed by atoms with Crippen molar-refractivity contribution in [3.8, 4) is 0 Å². The summed E-state index contributed by atoms with van der Waals surface area (Å²) in [4.78, 5) is 10.6. The van der Waals surface area contributed by atoms with Gasteiger partial charge in [-0.2, -0.15) is 0 Å². The molecule has 0 aliphatic carbocycles. The molecule has 1 rings (SSSR count). The van der Waals surface area contributed by atoms with Crippen LogP contribution in [0.5, 0.6) is 0 Å². The van der Waals surface area contributed by atoms with Crippen molar-refractivity contribution in [2.24, 2.45) is 0 Å². The molecule has 3 nitrogen and oxygen atoms in total. The molecule has 0 bridgehead atoms. The summed E-state index contributed by atoms with van der Waals surface area (Å²) < 4.78 is 9.93. The van der Waals surface area contributed by atoms with Gasteiger partial charge in [-0.15, -0.1) is 0 Å². The lowest BCUT2D eigenvalue weighted by atomic mass is 10.3. The molecule has 0 radical (unpaired) electrons. The highest BCUT2D eigenvalue weighted by molar-refractivity contribution is 5.66. The first-order valence-electron chi connectivity index (χ1n) is 3.57. The zero-order chi connectivity index (χ0) is 8.97. The number of carbonyl (C=O) groups excluding carboxylic acids is 1. The summed E-state index contributed by atoms with van der Waals surface area (Å²) >= 11 is 0. The van der Waals surface area contributed by atoms with E-state index in [9.17, 15) is 4.79 Å². The Morgan fingerprint density at radius 2 is 2.58 bits per heavy atom. The van der Waals surface area contributed by atoms with Crippen LogP contribution < -0.4 is 0 Å². The lowest BCUT2D eigenvalue weighted by molar-refractivity contribution is -0.145. The molecule has 0 spiro atoms. The van der Waals surface area contributed by atoms with Crippen LogP contribution in [0.25, 0.3) is 0 Å². The Hall–Kier alpha value is -1.51. The summed E-state index contributed by atoms with van der Waals surface area (Å²) in [5.41, 5.74) is 0. The SMILES string of the molecule is C=CC(OC(C)=O)c1ccco1. The molecule has 1 aromatic rings. The largest absolute Gasteiger partial charge is 0.465 e. The van der Waals surface area contributed by atoms with Crippen LogP contribution in [0.15, 0.2) is 35.5 Å². The van der Waals surface area contributed by atoms with Gasteiger partial charge in [-0.3, -0.25) is 4.79 Å². The Kier molecular flexibility index (Phi) is 2.69. The minimum atomic E-state index is -0.475. The third-order valence-corrected chi connectivity index (χ3v) is 1.33. The van der Waals surface area contributed by atoms with Crippen LogP contribution in [-0.2, 0) is 9.53 Å². The Morgan fingerprint density at radius 1 is 1.83 bits per heavy atom. The van der Waals surface area contributed by atoms with E-state index in [2.05, 4.69) is 6.58 Å². The topological polar surface area (TPSA) is 39.4 Å². The van der Waals surface area contributed by atoms with Gasteiger partial charge in [0.15, 0.2) is 6.10 Å². The van der Waals surface area contributed by atoms with Crippen molar-refractivity contribution in [2.45, 2.75) is 13.0 Å². The average molecular weight is 166 g/mol. The van der Waals surface area contributed by atoms with Crippen molar-refractivity contribution in [3.63, 3.8) is 0 Å². The molecule has 3 heteroatoms. The number of furan rings is 1. The molecule has 0 saturated carbocycles. The van der Waals surface area contributed by atoms with Gasteiger partial charge in [-0.25, -0.2) is 0 Å². The lowest BCUT2D eigenvalue weighted by Crippen LogP contribution is -2.04. The second kappa shape index (κ2) is 3.76. The standard InChI is InChI=1S/C9H10O3/c1-3-8(12-7(2)10)9-5-4-6-11-9/h3-6,8H,1H2,2H3. The van der Waals surface area contributed by atoms with Crippen LogP contribution in [0.1, 0.15) is 18.8 Å². The number of carbonyl (C=O) groups is 1. The number of ether oxygens (including phenoxy) is 1. The molecule has 0 saturated heterocycles. The summed E-state index contributed by atoms with van der Waals surface area (Å²) in [5, 5.41) is 0. The fraction of sp³-hybridized carbons (Fsp3) is 0.222. The van der Waals surface area contributed by atoms with Crippen LogP contribution in [0.3, 0.4) is 0 Å². The summed E-state index contributed by atoms with van der Waals surface area (Å²) in [7, 11) is 0. The summed E-state index contributed by atoms with van der Waals surface area (Å²) in [6.07, 6.45) is 2.56. The second-order valence-electron chi connectivity index (χ2n) is 2.28. The fourth-order valence-corrected chi connectivity index (χ4v) is 0.854. The first-order valence-corrected chi connectivity index (χ1v) is 3.57. The van der Waals surface area contributed by atoms with Gasteiger partial charge in [-0.05, 0) is 18.2 Å². The Morgan fingerprint density at radius 3 is 3.00 bits per heavy atom. The third kappa shape index (κ3) is 1.99. The van der Waals surface area contributed by atoms with E-state index in [4.69, 9.17) is 9.15 Å². The van der Waals surface area contributed by atoms with Crippen molar-refractivity contribution >= 4 is 5.97 Å². The average Bonchev–Trinajstić information content (AvgIpc) is 2.51. The van der Waals surface area contributed by atoms with Crippen LogP contribution in [0.4, 0.5) is 0 Å².